The maximum atomic E-state index is 13.2. The third-order valence-corrected chi connectivity index (χ3v) is 5.97. The van der Waals surface area contributed by atoms with Gasteiger partial charge in [-0.05, 0) is 31.2 Å². The molecule has 3 aromatic rings. The minimum absolute atomic E-state index is 0.189. The first-order chi connectivity index (χ1) is 13.3. The summed E-state index contributed by atoms with van der Waals surface area (Å²) < 4.78 is 38.6. The number of amides is 1. The first-order valence-electron chi connectivity index (χ1n) is 8.20. The molecule has 1 aromatic heterocycles. The van der Waals surface area contributed by atoms with Crippen LogP contribution in [0.5, 0.6) is 0 Å². The normalized spacial score (nSPS) is 12.4. The van der Waals surface area contributed by atoms with Crippen molar-refractivity contribution in [3.8, 4) is 10.6 Å². The van der Waals surface area contributed by atoms with E-state index in [2.05, 4.69) is 15.5 Å². The maximum absolute atomic E-state index is 13.2. The summed E-state index contributed by atoms with van der Waals surface area (Å²) in [4.78, 5) is 12.6. The van der Waals surface area contributed by atoms with Gasteiger partial charge in [-0.1, -0.05) is 41.7 Å². The number of hydrogen-bond acceptors (Lipinski definition) is 6. The fraction of sp³-hybridized carbons (Fsp3) is 0.167. The topological polar surface area (TPSA) is 92.3 Å². The number of halogens is 1. The first kappa shape index (κ1) is 19.9. The summed E-state index contributed by atoms with van der Waals surface area (Å²) in [6.45, 7) is 1.44. The second-order valence-corrected chi connectivity index (χ2v) is 8.82. The number of hydrogen-bond donors (Lipinski definition) is 1. The number of aromatic nitrogens is 2. The fourth-order valence-electron chi connectivity index (χ4n) is 2.58. The number of anilines is 2. The zero-order valence-corrected chi connectivity index (χ0v) is 16.7. The van der Waals surface area contributed by atoms with Crippen molar-refractivity contribution in [1.82, 2.24) is 10.2 Å². The average Bonchev–Trinajstić information content (AvgIpc) is 3.11. The molecule has 0 spiro atoms. The third kappa shape index (κ3) is 4.52. The van der Waals surface area contributed by atoms with Crippen molar-refractivity contribution in [3.05, 3.63) is 60.4 Å². The summed E-state index contributed by atoms with van der Waals surface area (Å²) in [6.07, 6.45) is 0.985. The molecule has 0 radical (unpaired) electrons. The van der Waals surface area contributed by atoms with Crippen molar-refractivity contribution in [3.63, 3.8) is 0 Å². The highest BCUT2D eigenvalue weighted by Crippen LogP contribution is 2.27. The van der Waals surface area contributed by atoms with Gasteiger partial charge in [-0.25, -0.2) is 12.8 Å². The number of benzene rings is 2. The molecule has 3 rings (SSSR count). The number of nitrogens with zero attached hydrogens (tertiary/aromatic N) is 3. The summed E-state index contributed by atoms with van der Waals surface area (Å²) >= 11 is 1.18. The van der Waals surface area contributed by atoms with Gasteiger partial charge in [0.15, 0.2) is 0 Å². The molecule has 146 valence electrons. The highest BCUT2D eigenvalue weighted by Gasteiger charge is 2.29. The predicted octanol–water partition coefficient (Wildman–Crippen LogP) is 3.14. The van der Waals surface area contributed by atoms with Crippen molar-refractivity contribution >= 4 is 38.1 Å². The Kier molecular flexibility index (Phi) is 5.71. The molecule has 0 aliphatic carbocycles. The van der Waals surface area contributed by atoms with Gasteiger partial charge in [-0.2, -0.15) is 0 Å². The van der Waals surface area contributed by atoms with E-state index in [1.54, 1.807) is 0 Å². The van der Waals surface area contributed by atoms with Crippen LogP contribution in [0.4, 0.5) is 15.2 Å². The summed E-state index contributed by atoms with van der Waals surface area (Å²) in [5, 5.41) is 11.5. The Morgan fingerprint density at radius 3 is 2.36 bits per heavy atom. The lowest BCUT2D eigenvalue weighted by molar-refractivity contribution is -0.116. The van der Waals surface area contributed by atoms with Gasteiger partial charge in [0.05, 0.1) is 11.9 Å². The number of rotatable bonds is 6. The lowest BCUT2D eigenvalue weighted by Gasteiger charge is -2.27. The zero-order valence-electron chi connectivity index (χ0n) is 15.0. The van der Waals surface area contributed by atoms with Crippen LogP contribution in [0, 0.1) is 5.82 Å². The van der Waals surface area contributed by atoms with Gasteiger partial charge < -0.3 is 0 Å². The van der Waals surface area contributed by atoms with Gasteiger partial charge >= 0.3 is 0 Å². The van der Waals surface area contributed by atoms with Crippen LogP contribution in [0.1, 0.15) is 6.92 Å². The highest BCUT2D eigenvalue weighted by molar-refractivity contribution is 7.92. The first-order valence-corrected chi connectivity index (χ1v) is 10.9. The molecule has 0 fully saturated rings. The molecule has 1 atom stereocenters. The van der Waals surface area contributed by atoms with Crippen molar-refractivity contribution < 1.29 is 17.6 Å². The van der Waals surface area contributed by atoms with Crippen LogP contribution in [0.25, 0.3) is 10.6 Å². The van der Waals surface area contributed by atoms with Crippen molar-refractivity contribution in [2.45, 2.75) is 13.0 Å². The van der Waals surface area contributed by atoms with E-state index >= 15 is 0 Å². The number of carbonyl (C=O) groups excluding carboxylic acids is 1. The van der Waals surface area contributed by atoms with E-state index in [9.17, 15) is 17.6 Å². The van der Waals surface area contributed by atoms with Gasteiger partial charge in [0.25, 0.3) is 0 Å². The van der Waals surface area contributed by atoms with Gasteiger partial charge in [-0.15, -0.1) is 10.2 Å². The molecule has 1 amide bonds. The van der Waals surface area contributed by atoms with E-state index in [0.29, 0.717) is 5.01 Å². The van der Waals surface area contributed by atoms with Crippen LogP contribution in [-0.2, 0) is 14.8 Å². The highest BCUT2D eigenvalue weighted by atomic mass is 32.2. The lowest BCUT2D eigenvalue weighted by atomic mass is 10.2. The quantitative estimate of drug-likeness (QED) is 0.661. The summed E-state index contributed by atoms with van der Waals surface area (Å²) in [5.41, 5.74) is 1.05. The molecule has 7 nitrogen and oxygen atoms in total. The molecular formula is C18H17FN4O3S2. The summed E-state index contributed by atoms with van der Waals surface area (Å²) in [5.74, 6) is -1.08. The zero-order chi connectivity index (χ0) is 20.3. The minimum atomic E-state index is -3.79. The van der Waals surface area contributed by atoms with Gasteiger partial charge in [0.1, 0.15) is 16.9 Å². The number of nitrogens with one attached hydrogen (secondary N) is 1. The molecular weight excluding hydrogens is 403 g/mol. The Balaban J connectivity index is 1.80. The molecule has 0 bridgehead atoms. The molecule has 0 saturated heterocycles. The van der Waals surface area contributed by atoms with E-state index in [4.69, 9.17) is 0 Å². The average molecular weight is 420 g/mol. The van der Waals surface area contributed by atoms with E-state index in [1.165, 1.54) is 30.4 Å². The second-order valence-electron chi connectivity index (χ2n) is 5.98. The lowest BCUT2D eigenvalue weighted by Crippen LogP contribution is -2.45. The molecule has 0 unspecified atom stereocenters. The minimum Gasteiger partial charge on any atom is -0.299 e. The number of carbonyl (C=O) groups is 1. The van der Waals surface area contributed by atoms with Gasteiger partial charge in [0.2, 0.25) is 21.1 Å². The van der Waals surface area contributed by atoms with E-state index in [0.717, 1.165) is 28.3 Å². The molecule has 0 aliphatic heterocycles. The second kappa shape index (κ2) is 8.03. The SMILES string of the molecule is C[C@@H](C(=O)Nc1nnc(-c2ccccc2)s1)N(c1ccc(F)cc1)S(C)(=O)=O. The maximum Gasteiger partial charge on any atom is 0.249 e. The predicted molar refractivity (Wildman–Crippen MR) is 107 cm³/mol. The Bertz CT molecular complexity index is 1070. The molecule has 0 saturated carbocycles. The van der Waals surface area contributed by atoms with Gasteiger partial charge in [-0.3, -0.25) is 14.4 Å². The molecule has 28 heavy (non-hydrogen) atoms. The fourth-order valence-corrected chi connectivity index (χ4v) is 4.50. The monoisotopic (exact) mass is 420 g/mol. The van der Waals surface area contributed by atoms with Crippen molar-refractivity contribution in [1.29, 1.82) is 0 Å². The van der Waals surface area contributed by atoms with E-state index < -0.39 is 27.8 Å². The Hall–Kier alpha value is -2.85. The van der Waals surface area contributed by atoms with Crippen LogP contribution in [-0.4, -0.2) is 36.8 Å². The van der Waals surface area contributed by atoms with Crippen LogP contribution < -0.4 is 9.62 Å². The van der Waals surface area contributed by atoms with E-state index in [-0.39, 0.29) is 10.8 Å². The molecule has 1 N–H and O–H groups in total. The molecule has 1 heterocycles. The Labute approximate surface area is 165 Å². The Morgan fingerprint density at radius 1 is 1.11 bits per heavy atom. The largest absolute Gasteiger partial charge is 0.299 e. The van der Waals surface area contributed by atoms with E-state index in [1.807, 2.05) is 30.3 Å². The Morgan fingerprint density at radius 2 is 1.75 bits per heavy atom. The van der Waals surface area contributed by atoms with Crippen LogP contribution in [0.3, 0.4) is 0 Å². The standard InChI is InChI=1S/C18H17FN4O3S2/c1-12(23(28(2,25)26)15-10-8-14(19)9-11-15)16(24)20-18-22-21-17(27-18)13-6-4-3-5-7-13/h3-12H,1-2H3,(H,20,22,24)/t12-/m0/s1. The number of sulfonamides is 1. The molecule has 0 aliphatic rings. The molecule has 2 aromatic carbocycles. The van der Waals surface area contributed by atoms with Crippen LogP contribution >= 0.6 is 11.3 Å². The van der Waals surface area contributed by atoms with Crippen LogP contribution in [0.2, 0.25) is 0 Å². The molecule has 10 heteroatoms. The van der Waals surface area contributed by atoms with Crippen LogP contribution in [0.15, 0.2) is 54.6 Å². The van der Waals surface area contributed by atoms with Gasteiger partial charge in [0, 0.05) is 5.56 Å². The third-order valence-electron chi connectivity index (χ3n) is 3.85. The smallest absolute Gasteiger partial charge is 0.249 e. The van der Waals surface area contributed by atoms with Crippen molar-refractivity contribution in [2.24, 2.45) is 0 Å². The summed E-state index contributed by atoms with van der Waals surface area (Å²) in [7, 11) is -3.79. The summed E-state index contributed by atoms with van der Waals surface area (Å²) in [6, 6.07) is 13.1. The van der Waals surface area contributed by atoms with Crippen molar-refractivity contribution in [2.75, 3.05) is 15.9 Å².